The van der Waals surface area contributed by atoms with Gasteiger partial charge in [-0.2, -0.15) is 0 Å². The highest BCUT2D eigenvalue weighted by Crippen LogP contribution is 2.17. The fourth-order valence-corrected chi connectivity index (χ4v) is 4.89. The van der Waals surface area contributed by atoms with E-state index < -0.39 is 10.0 Å². The van der Waals surface area contributed by atoms with Crippen LogP contribution in [0.25, 0.3) is 10.9 Å². The van der Waals surface area contributed by atoms with E-state index in [1.54, 1.807) is 17.5 Å². The van der Waals surface area contributed by atoms with Crippen LogP contribution in [-0.4, -0.2) is 45.5 Å². The SMILES string of the molecule is CCNC(=NCCNS(=O)(=O)c1cccs1)NCCc1c[nH]c2ccccc12. The third kappa shape index (κ3) is 5.34. The first kappa shape index (κ1) is 20.4. The van der Waals surface area contributed by atoms with Crippen LogP contribution in [0, 0.1) is 0 Å². The monoisotopic (exact) mass is 419 g/mol. The van der Waals surface area contributed by atoms with Crippen molar-refractivity contribution in [2.75, 3.05) is 26.2 Å². The lowest BCUT2D eigenvalue weighted by atomic mass is 10.1. The van der Waals surface area contributed by atoms with Gasteiger partial charge in [0.1, 0.15) is 4.21 Å². The molecule has 0 aliphatic heterocycles. The van der Waals surface area contributed by atoms with Gasteiger partial charge in [0.25, 0.3) is 0 Å². The second-order valence-corrected chi connectivity index (χ2v) is 9.07. The molecule has 3 rings (SSSR count). The van der Waals surface area contributed by atoms with Gasteiger partial charge in [0.15, 0.2) is 5.96 Å². The van der Waals surface area contributed by atoms with E-state index in [0.29, 0.717) is 16.7 Å². The van der Waals surface area contributed by atoms with Crippen molar-refractivity contribution in [2.24, 2.45) is 4.99 Å². The Morgan fingerprint density at radius 2 is 2.00 bits per heavy atom. The van der Waals surface area contributed by atoms with Crippen LogP contribution in [0.3, 0.4) is 0 Å². The van der Waals surface area contributed by atoms with Crippen LogP contribution in [0.2, 0.25) is 0 Å². The molecule has 4 N–H and O–H groups in total. The maximum atomic E-state index is 12.1. The maximum Gasteiger partial charge on any atom is 0.250 e. The highest BCUT2D eigenvalue weighted by Gasteiger charge is 2.13. The average molecular weight is 420 g/mol. The molecule has 2 heterocycles. The third-order valence-electron chi connectivity index (χ3n) is 4.14. The van der Waals surface area contributed by atoms with Crippen molar-refractivity contribution in [3.05, 3.63) is 53.5 Å². The molecule has 9 heteroatoms. The summed E-state index contributed by atoms with van der Waals surface area (Å²) in [5, 5.41) is 9.45. The topological polar surface area (TPSA) is 98.4 Å². The number of guanidine groups is 1. The standard InChI is InChI=1S/C19H25N5O2S2/c1-2-20-19(22-11-12-24-28(25,26)18-8-5-13-27-18)21-10-9-15-14-23-17-7-4-3-6-16(15)17/h3-8,13-14,23-24H,2,9-12H2,1H3,(H2,20,21,22). The fraction of sp³-hybridized carbons (Fsp3) is 0.316. The predicted molar refractivity (Wildman–Crippen MR) is 115 cm³/mol. The van der Waals surface area contributed by atoms with Gasteiger partial charge in [-0.3, -0.25) is 4.99 Å². The van der Waals surface area contributed by atoms with E-state index in [0.717, 1.165) is 25.0 Å². The Balaban J connectivity index is 1.49. The first-order valence-electron chi connectivity index (χ1n) is 9.20. The zero-order valence-corrected chi connectivity index (χ0v) is 17.4. The molecule has 7 nitrogen and oxygen atoms in total. The smallest absolute Gasteiger partial charge is 0.250 e. The summed E-state index contributed by atoms with van der Waals surface area (Å²) in [5.74, 6) is 0.678. The van der Waals surface area contributed by atoms with Gasteiger partial charge in [0.05, 0.1) is 6.54 Å². The second-order valence-electron chi connectivity index (χ2n) is 6.13. The number of thiophene rings is 1. The number of hydrogen-bond acceptors (Lipinski definition) is 4. The maximum absolute atomic E-state index is 12.1. The molecule has 0 saturated heterocycles. The summed E-state index contributed by atoms with van der Waals surface area (Å²) in [6.45, 7) is 4.07. The Hall–Kier alpha value is -2.36. The Morgan fingerprint density at radius 1 is 1.14 bits per heavy atom. The van der Waals surface area contributed by atoms with Gasteiger partial charge < -0.3 is 15.6 Å². The number of H-pyrrole nitrogens is 1. The number of aromatic nitrogens is 1. The molecule has 0 aliphatic rings. The normalized spacial score (nSPS) is 12.4. The van der Waals surface area contributed by atoms with Gasteiger partial charge in [-0.15, -0.1) is 11.3 Å². The lowest BCUT2D eigenvalue weighted by molar-refractivity contribution is 0.584. The van der Waals surface area contributed by atoms with Gasteiger partial charge in [0, 0.05) is 36.7 Å². The van der Waals surface area contributed by atoms with Crippen molar-refractivity contribution in [2.45, 2.75) is 17.6 Å². The number of nitrogens with one attached hydrogen (secondary N) is 4. The molecule has 0 radical (unpaired) electrons. The molecular weight excluding hydrogens is 394 g/mol. The van der Waals surface area contributed by atoms with Crippen molar-refractivity contribution in [3.63, 3.8) is 0 Å². The first-order chi connectivity index (χ1) is 13.6. The molecule has 0 aliphatic carbocycles. The highest BCUT2D eigenvalue weighted by molar-refractivity contribution is 7.91. The van der Waals surface area contributed by atoms with E-state index in [4.69, 9.17) is 0 Å². The van der Waals surface area contributed by atoms with Crippen LogP contribution in [0.15, 0.2) is 57.2 Å². The van der Waals surface area contributed by atoms with Gasteiger partial charge in [-0.05, 0) is 36.4 Å². The molecule has 0 fully saturated rings. The Kier molecular flexibility index (Phi) is 7.07. The van der Waals surface area contributed by atoms with Crippen LogP contribution in [0.1, 0.15) is 12.5 Å². The van der Waals surface area contributed by atoms with E-state index in [-0.39, 0.29) is 6.54 Å². The first-order valence-corrected chi connectivity index (χ1v) is 11.6. The Labute approximate surface area is 169 Å². The number of para-hydroxylation sites is 1. The van der Waals surface area contributed by atoms with Gasteiger partial charge in [-0.1, -0.05) is 24.3 Å². The number of aromatic amines is 1. The number of sulfonamides is 1. The zero-order chi connectivity index (χ0) is 19.8. The summed E-state index contributed by atoms with van der Waals surface area (Å²) in [6, 6.07) is 11.5. The summed E-state index contributed by atoms with van der Waals surface area (Å²) in [7, 11) is -3.44. The van der Waals surface area contributed by atoms with Crippen LogP contribution in [-0.2, 0) is 16.4 Å². The summed E-state index contributed by atoms with van der Waals surface area (Å²) < 4.78 is 27.1. The quantitative estimate of drug-likeness (QED) is 0.243. The van der Waals surface area contributed by atoms with E-state index in [1.165, 1.54) is 22.3 Å². The molecule has 150 valence electrons. The lowest BCUT2D eigenvalue weighted by Gasteiger charge is -2.11. The Morgan fingerprint density at radius 3 is 2.79 bits per heavy atom. The molecule has 0 unspecified atom stereocenters. The molecule has 0 atom stereocenters. The summed E-state index contributed by atoms with van der Waals surface area (Å²) in [4.78, 5) is 7.72. The molecular formula is C19H25N5O2S2. The van der Waals surface area contributed by atoms with Crippen molar-refractivity contribution < 1.29 is 8.42 Å². The Bertz CT molecular complexity index is 1010. The van der Waals surface area contributed by atoms with Crippen LogP contribution >= 0.6 is 11.3 Å². The van der Waals surface area contributed by atoms with Crippen molar-refractivity contribution in [1.82, 2.24) is 20.3 Å². The van der Waals surface area contributed by atoms with Crippen molar-refractivity contribution in [1.29, 1.82) is 0 Å². The number of benzene rings is 1. The molecule has 28 heavy (non-hydrogen) atoms. The molecule has 0 saturated carbocycles. The summed E-state index contributed by atoms with van der Waals surface area (Å²) >= 11 is 1.20. The average Bonchev–Trinajstić information content (AvgIpc) is 3.36. The molecule has 0 amide bonds. The second kappa shape index (κ2) is 9.72. The molecule has 2 aromatic heterocycles. The van der Waals surface area contributed by atoms with E-state index in [9.17, 15) is 8.42 Å². The number of hydrogen-bond donors (Lipinski definition) is 4. The predicted octanol–water partition coefficient (Wildman–Crippen LogP) is 2.31. The highest BCUT2D eigenvalue weighted by atomic mass is 32.2. The molecule has 0 spiro atoms. The minimum absolute atomic E-state index is 0.249. The third-order valence-corrected chi connectivity index (χ3v) is 7.00. The summed E-state index contributed by atoms with van der Waals surface area (Å²) in [6.07, 6.45) is 2.90. The van der Waals surface area contributed by atoms with Gasteiger partial charge >= 0.3 is 0 Å². The van der Waals surface area contributed by atoms with Crippen LogP contribution in [0.5, 0.6) is 0 Å². The molecule has 1 aromatic carbocycles. The fourth-order valence-electron chi connectivity index (χ4n) is 2.83. The van der Waals surface area contributed by atoms with Crippen LogP contribution in [0.4, 0.5) is 0 Å². The van der Waals surface area contributed by atoms with Crippen molar-refractivity contribution in [3.8, 4) is 0 Å². The minimum atomic E-state index is -3.44. The lowest BCUT2D eigenvalue weighted by Crippen LogP contribution is -2.39. The van der Waals surface area contributed by atoms with E-state index >= 15 is 0 Å². The number of aliphatic imine (C=N–C) groups is 1. The number of rotatable bonds is 9. The number of nitrogens with zero attached hydrogens (tertiary/aromatic N) is 1. The largest absolute Gasteiger partial charge is 0.361 e. The van der Waals surface area contributed by atoms with Crippen molar-refractivity contribution >= 4 is 38.2 Å². The minimum Gasteiger partial charge on any atom is -0.361 e. The van der Waals surface area contributed by atoms with Gasteiger partial charge in [-0.25, -0.2) is 13.1 Å². The summed E-state index contributed by atoms with van der Waals surface area (Å²) in [5.41, 5.74) is 2.39. The van der Waals surface area contributed by atoms with Crippen LogP contribution < -0.4 is 15.4 Å². The molecule has 3 aromatic rings. The zero-order valence-electron chi connectivity index (χ0n) is 15.7. The van der Waals surface area contributed by atoms with E-state index in [2.05, 4.69) is 37.5 Å². The van der Waals surface area contributed by atoms with E-state index in [1.807, 2.05) is 25.3 Å². The number of fused-ring (bicyclic) bond motifs is 1. The molecule has 0 bridgehead atoms. The van der Waals surface area contributed by atoms with Gasteiger partial charge in [0.2, 0.25) is 10.0 Å².